The van der Waals surface area contributed by atoms with Crippen molar-refractivity contribution in [1.82, 2.24) is 14.7 Å². The number of fused-ring (bicyclic) bond motifs is 3. The van der Waals surface area contributed by atoms with Crippen molar-refractivity contribution in [3.05, 3.63) is 40.7 Å². The molecule has 1 fully saturated rings. The van der Waals surface area contributed by atoms with Gasteiger partial charge in [-0.25, -0.2) is 9.79 Å². The van der Waals surface area contributed by atoms with Crippen LogP contribution in [0.2, 0.25) is 5.02 Å². The lowest BCUT2D eigenvalue weighted by molar-refractivity contribution is -0.139. The Kier molecular flexibility index (Phi) is 4.19. The van der Waals surface area contributed by atoms with Crippen LogP contribution in [0, 0.1) is 6.92 Å². The normalized spacial score (nSPS) is 23.8. The van der Waals surface area contributed by atoms with Crippen LogP contribution in [-0.2, 0) is 9.59 Å². The Hall–Kier alpha value is -2.87. The minimum Gasteiger partial charge on any atom is -0.302 e. The molecule has 2 atom stereocenters. The van der Waals surface area contributed by atoms with Crippen LogP contribution < -0.4 is 4.90 Å². The molecular weight excluding hydrogens is 382 g/mol. The molecule has 1 aromatic rings. The van der Waals surface area contributed by atoms with Gasteiger partial charge in [0, 0.05) is 24.0 Å². The molecule has 3 amide bonds. The van der Waals surface area contributed by atoms with Gasteiger partial charge in [0.15, 0.2) is 12.2 Å². The number of aliphatic imine (C=N–C) groups is 1. The van der Waals surface area contributed by atoms with Gasteiger partial charge in [0.1, 0.15) is 5.78 Å². The lowest BCUT2D eigenvalue weighted by Gasteiger charge is -2.39. The number of urea groups is 1. The summed E-state index contributed by atoms with van der Waals surface area (Å²) in [6, 6.07) is 4.49. The Morgan fingerprint density at radius 2 is 1.96 bits per heavy atom. The number of hydrogen-bond donors (Lipinski definition) is 0. The fraction of sp³-hybridized carbons (Fsp3) is 0.368. The number of carbonyl (C=O) groups is 3. The molecule has 9 heteroatoms. The van der Waals surface area contributed by atoms with Gasteiger partial charge in [0.25, 0.3) is 5.91 Å². The van der Waals surface area contributed by atoms with Gasteiger partial charge in [-0.3, -0.25) is 19.4 Å². The van der Waals surface area contributed by atoms with Crippen LogP contribution in [0.25, 0.3) is 0 Å². The van der Waals surface area contributed by atoms with Crippen LogP contribution in [0.1, 0.15) is 19.4 Å². The zero-order valence-corrected chi connectivity index (χ0v) is 16.8. The minimum absolute atomic E-state index is 0.242. The predicted molar refractivity (Wildman–Crippen MR) is 105 cm³/mol. The van der Waals surface area contributed by atoms with E-state index in [0.717, 1.165) is 21.8 Å². The molecule has 0 aromatic heterocycles. The van der Waals surface area contributed by atoms with Crippen LogP contribution in [0.5, 0.6) is 0 Å². The summed E-state index contributed by atoms with van der Waals surface area (Å²) in [5, 5.41) is 0.635. The molecule has 0 bridgehead atoms. The second-order valence-corrected chi connectivity index (χ2v) is 7.66. The van der Waals surface area contributed by atoms with Gasteiger partial charge in [-0.05, 0) is 38.5 Å². The number of amides is 3. The van der Waals surface area contributed by atoms with E-state index in [0.29, 0.717) is 11.0 Å². The third-order valence-corrected chi connectivity index (χ3v) is 5.59. The molecule has 4 rings (SSSR count). The maximum absolute atomic E-state index is 13.0. The first-order valence-corrected chi connectivity index (χ1v) is 9.27. The number of ketones is 1. The first kappa shape index (κ1) is 18.5. The molecule has 8 nitrogen and oxygen atoms in total. The lowest BCUT2D eigenvalue weighted by atomic mass is 10.1. The molecule has 0 spiro atoms. The summed E-state index contributed by atoms with van der Waals surface area (Å²) in [4.78, 5) is 47.9. The summed E-state index contributed by atoms with van der Waals surface area (Å²) in [6.45, 7) is 4.95. The van der Waals surface area contributed by atoms with Gasteiger partial charge in [0.2, 0.25) is 5.96 Å². The molecular formula is C19H20ClN5O3. The summed E-state index contributed by atoms with van der Waals surface area (Å²) < 4.78 is 0. The van der Waals surface area contributed by atoms with E-state index in [9.17, 15) is 14.4 Å². The van der Waals surface area contributed by atoms with Crippen LogP contribution in [0.15, 0.2) is 35.1 Å². The molecule has 0 aliphatic carbocycles. The predicted octanol–water partition coefficient (Wildman–Crippen LogP) is 2.18. The van der Waals surface area contributed by atoms with E-state index in [4.69, 9.17) is 11.6 Å². The standard InChI is InChI=1S/C19H20ClN5O3/c1-10-5-6-13(7-14(10)20)25-11(2)8-23-15-16(21-18(23)25)22(4)19(28)24(17(15)27)9-12(3)26/h5-8,15-16H,9H2,1-4H3. The molecule has 2 unspecified atom stereocenters. The quantitative estimate of drug-likeness (QED) is 0.775. The molecule has 0 radical (unpaired) electrons. The number of guanidine groups is 1. The van der Waals surface area contributed by atoms with Crippen molar-refractivity contribution in [3.8, 4) is 0 Å². The van der Waals surface area contributed by atoms with Crippen molar-refractivity contribution in [2.24, 2.45) is 4.99 Å². The Morgan fingerprint density at radius 3 is 2.61 bits per heavy atom. The van der Waals surface area contributed by atoms with E-state index >= 15 is 0 Å². The highest BCUT2D eigenvalue weighted by molar-refractivity contribution is 6.31. The number of benzene rings is 1. The van der Waals surface area contributed by atoms with E-state index in [1.165, 1.54) is 11.8 Å². The smallest absolute Gasteiger partial charge is 0.302 e. The average molecular weight is 402 g/mol. The number of imide groups is 1. The highest BCUT2D eigenvalue weighted by Gasteiger charge is 2.54. The van der Waals surface area contributed by atoms with Crippen LogP contribution in [0.4, 0.5) is 10.5 Å². The van der Waals surface area contributed by atoms with Crippen molar-refractivity contribution in [2.75, 3.05) is 18.5 Å². The van der Waals surface area contributed by atoms with Gasteiger partial charge < -0.3 is 9.80 Å². The minimum atomic E-state index is -0.696. The number of carbonyl (C=O) groups excluding carboxylic acids is 3. The number of halogens is 1. The SMILES string of the molecule is CC(=O)CN1C(=O)C2C(N=C3N(c4ccc(C)c(Cl)c4)C(C)=CN32)N(C)C1=O. The second-order valence-electron chi connectivity index (χ2n) is 7.25. The Balaban J connectivity index is 1.73. The number of nitrogens with zero attached hydrogens (tertiary/aromatic N) is 5. The van der Waals surface area contributed by atoms with Crippen LogP contribution >= 0.6 is 11.6 Å². The molecule has 28 heavy (non-hydrogen) atoms. The monoisotopic (exact) mass is 401 g/mol. The fourth-order valence-electron chi connectivity index (χ4n) is 3.76. The summed E-state index contributed by atoms with van der Waals surface area (Å²) in [6.07, 6.45) is 1.19. The van der Waals surface area contributed by atoms with E-state index in [1.54, 1.807) is 11.9 Å². The number of aryl methyl sites for hydroxylation is 1. The zero-order valence-electron chi connectivity index (χ0n) is 16.0. The number of Topliss-reactive ketones (excluding diaryl/α,β-unsaturated/α-hetero) is 1. The highest BCUT2D eigenvalue weighted by atomic mass is 35.5. The average Bonchev–Trinajstić information content (AvgIpc) is 3.14. The van der Waals surface area contributed by atoms with Crippen molar-refractivity contribution < 1.29 is 14.4 Å². The summed E-state index contributed by atoms with van der Waals surface area (Å²) in [5.41, 5.74) is 2.67. The van der Waals surface area contributed by atoms with Crippen molar-refractivity contribution in [1.29, 1.82) is 0 Å². The van der Waals surface area contributed by atoms with Gasteiger partial charge >= 0.3 is 6.03 Å². The highest BCUT2D eigenvalue weighted by Crippen LogP contribution is 2.37. The Labute approximate surface area is 167 Å². The Bertz CT molecular complexity index is 972. The molecule has 1 aromatic carbocycles. The van der Waals surface area contributed by atoms with Crippen LogP contribution in [0.3, 0.4) is 0 Å². The third kappa shape index (κ3) is 2.59. The van der Waals surface area contributed by atoms with Gasteiger partial charge in [-0.1, -0.05) is 17.7 Å². The number of rotatable bonds is 3. The number of anilines is 1. The molecule has 0 saturated carbocycles. The zero-order chi connectivity index (χ0) is 20.3. The first-order valence-electron chi connectivity index (χ1n) is 8.89. The van der Waals surface area contributed by atoms with Crippen LogP contribution in [-0.4, -0.2) is 64.2 Å². The number of likely N-dealkylation sites (N-methyl/N-ethyl adjacent to an activating group) is 1. The second kappa shape index (κ2) is 6.34. The first-order chi connectivity index (χ1) is 13.2. The number of hydrogen-bond acceptors (Lipinski definition) is 6. The molecule has 146 valence electrons. The van der Waals surface area contributed by atoms with E-state index in [-0.39, 0.29) is 12.3 Å². The van der Waals surface area contributed by atoms with Crippen molar-refractivity contribution in [3.63, 3.8) is 0 Å². The fourth-order valence-corrected chi connectivity index (χ4v) is 3.94. The van der Waals surface area contributed by atoms with Gasteiger partial charge in [-0.15, -0.1) is 0 Å². The van der Waals surface area contributed by atoms with Gasteiger partial charge in [0.05, 0.1) is 12.2 Å². The van der Waals surface area contributed by atoms with E-state index < -0.39 is 24.1 Å². The summed E-state index contributed by atoms with van der Waals surface area (Å²) >= 11 is 6.29. The van der Waals surface area contributed by atoms with E-state index in [2.05, 4.69) is 4.99 Å². The molecule has 3 aliphatic rings. The largest absolute Gasteiger partial charge is 0.328 e. The lowest BCUT2D eigenvalue weighted by Crippen LogP contribution is -2.64. The van der Waals surface area contributed by atoms with Gasteiger partial charge in [-0.2, -0.15) is 0 Å². The molecule has 0 N–H and O–H groups in total. The summed E-state index contributed by atoms with van der Waals surface area (Å²) in [5.74, 6) is -0.114. The molecule has 1 saturated heterocycles. The van der Waals surface area contributed by atoms with Crippen molar-refractivity contribution >= 4 is 41.0 Å². The topological polar surface area (TPSA) is 76.5 Å². The molecule has 3 aliphatic heterocycles. The summed E-state index contributed by atoms with van der Waals surface area (Å²) in [7, 11) is 1.59. The third-order valence-electron chi connectivity index (χ3n) is 5.18. The number of allylic oxidation sites excluding steroid dienone is 1. The maximum atomic E-state index is 13.0. The maximum Gasteiger partial charge on any atom is 0.328 e. The molecule has 3 heterocycles. The Morgan fingerprint density at radius 1 is 1.25 bits per heavy atom. The van der Waals surface area contributed by atoms with E-state index in [1.807, 2.05) is 43.1 Å². The van der Waals surface area contributed by atoms with Crippen molar-refractivity contribution in [2.45, 2.75) is 33.0 Å².